The van der Waals surface area contributed by atoms with Gasteiger partial charge in [-0.2, -0.15) is 0 Å². The number of hydrogen-bond donors (Lipinski definition) is 0. The highest BCUT2D eigenvalue weighted by Gasteiger charge is 2.18. The lowest BCUT2D eigenvalue weighted by Gasteiger charge is -2.26. The van der Waals surface area contributed by atoms with E-state index in [1.54, 1.807) is 0 Å². The van der Waals surface area contributed by atoms with Crippen LogP contribution in [0.25, 0.3) is 0 Å². The van der Waals surface area contributed by atoms with Crippen molar-refractivity contribution in [3.05, 3.63) is 52.9 Å². The highest BCUT2D eigenvalue weighted by molar-refractivity contribution is 9.10. The summed E-state index contributed by atoms with van der Waals surface area (Å²) in [5, 5.41) is 0. The fourth-order valence-electron chi connectivity index (χ4n) is 3.25. The molecule has 1 fully saturated rings. The number of rotatable bonds is 7. The van der Waals surface area contributed by atoms with E-state index in [0.717, 1.165) is 16.3 Å². The SMILES string of the molecule is CCCCC[C@H]1CC[C@H](/C=C/[CH]c2ccc(Br)cc2)CC1. The summed E-state index contributed by atoms with van der Waals surface area (Å²) in [7, 11) is 0. The van der Waals surface area contributed by atoms with Gasteiger partial charge in [-0.25, -0.2) is 0 Å². The van der Waals surface area contributed by atoms with Crippen LogP contribution in [0.4, 0.5) is 0 Å². The van der Waals surface area contributed by atoms with Gasteiger partial charge in [-0.05, 0) is 55.2 Å². The lowest BCUT2D eigenvalue weighted by atomic mass is 9.79. The molecule has 1 aromatic carbocycles. The Kier molecular flexibility index (Phi) is 7.57. The van der Waals surface area contributed by atoms with Gasteiger partial charge in [-0.15, -0.1) is 0 Å². The molecule has 115 valence electrons. The lowest BCUT2D eigenvalue weighted by molar-refractivity contribution is 0.289. The van der Waals surface area contributed by atoms with Crippen LogP contribution < -0.4 is 0 Å². The number of halogens is 1. The van der Waals surface area contributed by atoms with Gasteiger partial charge in [0.25, 0.3) is 0 Å². The van der Waals surface area contributed by atoms with Crippen molar-refractivity contribution in [1.82, 2.24) is 0 Å². The van der Waals surface area contributed by atoms with Crippen LogP contribution in [0, 0.1) is 18.3 Å². The van der Waals surface area contributed by atoms with Gasteiger partial charge in [0.2, 0.25) is 0 Å². The summed E-state index contributed by atoms with van der Waals surface area (Å²) >= 11 is 3.47. The Labute approximate surface area is 139 Å². The molecular weight excluding hydrogens is 320 g/mol. The van der Waals surface area contributed by atoms with Crippen molar-refractivity contribution in [2.24, 2.45) is 11.8 Å². The molecule has 2 rings (SSSR count). The van der Waals surface area contributed by atoms with Crippen LogP contribution in [0.3, 0.4) is 0 Å². The molecule has 1 aliphatic rings. The average molecular weight is 348 g/mol. The van der Waals surface area contributed by atoms with E-state index in [-0.39, 0.29) is 0 Å². The maximum atomic E-state index is 3.47. The Bertz CT molecular complexity index is 410. The summed E-state index contributed by atoms with van der Waals surface area (Å²) in [6.45, 7) is 2.30. The predicted molar refractivity (Wildman–Crippen MR) is 96.3 cm³/mol. The maximum Gasteiger partial charge on any atom is 0.0175 e. The molecule has 1 radical (unpaired) electrons. The topological polar surface area (TPSA) is 0 Å². The Morgan fingerprint density at radius 3 is 2.43 bits per heavy atom. The van der Waals surface area contributed by atoms with Gasteiger partial charge in [0.1, 0.15) is 0 Å². The molecule has 0 aromatic heterocycles. The van der Waals surface area contributed by atoms with E-state index in [0.29, 0.717) is 0 Å². The quantitative estimate of drug-likeness (QED) is 0.468. The van der Waals surface area contributed by atoms with Crippen molar-refractivity contribution >= 4 is 15.9 Å². The van der Waals surface area contributed by atoms with E-state index < -0.39 is 0 Å². The minimum absolute atomic E-state index is 0.805. The molecule has 0 aliphatic heterocycles. The second-order valence-electron chi connectivity index (χ2n) is 6.38. The van der Waals surface area contributed by atoms with Crippen molar-refractivity contribution < 1.29 is 0 Å². The number of hydrogen-bond acceptors (Lipinski definition) is 0. The van der Waals surface area contributed by atoms with E-state index in [9.17, 15) is 0 Å². The molecule has 0 N–H and O–H groups in total. The van der Waals surface area contributed by atoms with Gasteiger partial charge >= 0.3 is 0 Å². The van der Waals surface area contributed by atoms with Crippen LogP contribution in [0.1, 0.15) is 63.9 Å². The third kappa shape index (κ3) is 6.38. The van der Waals surface area contributed by atoms with Crippen molar-refractivity contribution in [3.63, 3.8) is 0 Å². The normalized spacial score (nSPS) is 22.8. The third-order valence-electron chi connectivity index (χ3n) is 4.65. The Hall–Kier alpha value is -0.560. The molecule has 1 aliphatic carbocycles. The molecule has 0 spiro atoms. The zero-order chi connectivity index (χ0) is 14.9. The van der Waals surface area contributed by atoms with Crippen LogP contribution in [-0.2, 0) is 0 Å². The van der Waals surface area contributed by atoms with Crippen LogP contribution in [0.5, 0.6) is 0 Å². The van der Waals surface area contributed by atoms with E-state index in [2.05, 4.69) is 65.7 Å². The molecule has 0 nitrogen and oxygen atoms in total. The first-order valence-electron chi connectivity index (χ1n) is 8.55. The van der Waals surface area contributed by atoms with E-state index >= 15 is 0 Å². The Balaban J connectivity index is 1.66. The Morgan fingerprint density at radius 1 is 1.05 bits per heavy atom. The summed E-state index contributed by atoms with van der Waals surface area (Å²) < 4.78 is 1.14. The average Bonchev–Trinajstić information content (AvgIpc) is 2.51. The summed E-state index contributed by atoms with van der Waals surface area (Å²) in [6.07, 6.45) is 18.2. The van der Waals surface area contributed by atoms with Crippen molar-refractivity contribution in [3.8, 4) is 0 Å². The number of benzene rings is 1. The van der Waals surface area contributed by atoms with Crippen LogP contribution in [0.15, 0.2) is 40.9 Å². The first kappa shape index (κ1) is 16.8. The van der Waals surface area contributed by atoms with Gasteiger partial charge in [-0.3, -0.25) is 0 Å². The van der Waals surface area contributed by atoms with Crippen molar-refractivity contribution in [1.29, 1.82) is 0 Å². The lowest BCUT2D eigenvalue weighted by Crippen LogP contribution is -2.13. The largest absolute Gasteiger partial charge is 0.0848 e. The first-order valence-corrected chi connectivity index (χ1v) is 9.34. The summed E-state index contributed by atoms with van der Waals surface area (Å²) in [5.74, 6) is 1.82. The second-order valence-corrected chi connectivity index (χ2v) is 7.30. The van der Waals surface area contributed by atoms with E-state index in [4.69, 9.17) is 0 Å². The highest BCUT2D eigenvalue weighted by atomic mass is 79.9. The molecule has 0 bridgehead atoms. The fraction of sp³-hybridized carbons (Fsp3) is 0.550. The molecule has 0 heterocycles. The summed E-state index contributed by atoms with van der Waals surface area (Å²) in [6, 6.07) is 8.50. The molecule has 1 saturated carbocycles. The number of unbranched alkanes of at least 4 members (excludes halogenated alkanes) is 2. The third-order valence-corrected chi connectivity index (χ3v) is 5.18. The van der Waals surface area contributed by atoms with Gasteiger partial charge < -0.3 is 0 Å². The minimum Gasteiger partial charge on any atom is -0.0848 e. The minimum atomic E-state index is 0.805. The molecule has 0 amide bonds. The molecule has 0 atom stereocenters. The molecule has 0 unspecified atom stereocenters. The molecule has 1 aromatic rings. The molecular formula is C20H28Br. The predicted octanol–water partition coefficient (Wildman–Crippen LogP) is 6.94. The fourth-order valence-corrected chi connectivity index (χ4v) is 3.51. The smallest absolute Gasteiger partial charge is 0.0175 e. The first-order chi connectivity index (χ1) is 10.3. The van der Waals surface area contributed by atoms with Gasteiger partial charge in [-0.1, -0.05) is 72.8 Å². The van der Waals surface area contributed by atoms with Gasteiger partial charge in [0.15, 0.2) is 0 Å². The van der Waals surface area contributed by atoms with E-state index in [1.165, 1.54) is 56.9 Å². The van der Waals surface area contributed by atoms with Crippen molar-refractivity contribution in [2.45, 2.75) is 58.3 Å². The molecule has 0 saturated heterocycles. The summed E-state index contributed by atoms with van der Waals surface area (Å²) in [5.41, 5.74) is 1.28. The zero-order valence-electron chi connectivity index (χ0n) is 13.2. The van der Waals surface area contributed by atoms with Crippen LogP contribution >= 0.6 is 15.9 Å². The molecule has 1 heteroatoms. The van der Waals surface area contributed by atoms with Gasteiger partial charge in [0, 0.05) is 10.9 Å². The summed E-state index contributed by atoms with van der Waals surface area (Å²) in [4.78, 5) is 0. The van der Waals surface area contributed by atoms with Crippen LogP contribution in [-0.4, -0.2) is 0 Å². The highest BCUT2D eigenvalue weighted by Crippen LogP contribution is 2.32. The van der Waals surface area contributed by atoms with E-state index in [1.807, 2.05) is 0 Å². The second kappa shape index (κ2) is 9.46. The number of allylic oxidation sites excluding steroid dienone is 2. The van der Waals surface area contributed by atoms with Crippen LogP contribution in [0.2, 0.25) is 0 Å². The zero-order valence-corrected chi connectivity index (χ0v) is 14.8. The monoisotopic (exact) mass is 347 g/mol. The van der Waals surface area contributed by atoms with Gasteiger partial charge in [0.05, 0.1) is 0 Å². The standard InChI is InChI=1S/C20H28Br/c1-2-3-4-6-17-9-11-18(12-10-17)7-5-8-19-13-15-20(21)16-14-19/h5,7-8,13-18H,2-4,6,9-12H2,1H3/b7-5+/t17-,18-. The molecule has 21 heavy (non-hydrogen) atoms. The van der Waals surface area contributed by atoms with Crippen molar-refractivity contribution in [2.75, 3.05) is 0 Å². The maximum absolute atomic E-state index is 3.47. The Morgan fingerprint density at radius 2 is 1.76 bits per heavy atom.